The van der Waals surface area contributed by atoms with Gasteiger partial charge in [0.2, 0.25) is 5.89 Å². The Labute approximate surface area is 111 Å². The quantitative estimate of drug-likeness (QED) is 0.878. The second-order valence-corrected chi connectivity index (χ2v) is 4.08. The summed E-state index contributed by atoms with van der Waals surface area (Å²) in [5, 5.41) is 5.83. The van der Waals surface area contributed by atoms with Crippen LogP contribution in [0.4, 0.5) is 13.2 Å². The molecule has 106 valence electrons. The molecule has 0 saturated heterocycles. The number of rotatable bonds is 3. The zero-order chi connectivity index (χ0) is 14.9. The third kappa shape index (κ3) is 2.63. The second-order valence-electron chi connectivity index (χ2n) is 4.08. The van der Waals surface area contributed by atoms with E-state index < -0.39 is 35.0 Å². The van der Waals surface area contributed by atoms with Gasteiger partial charge in [0.25, 0.3) is 5.91 Å². The van der Waals surface area contributed by atoms with Gasteiger partial charge in [-0.15, -0.1) is 0 Å². The van der Waals surface area contributed by atoms with Crippen LogP contribution < -0.4 is 5.32 Å². The van der Waals surface area contributed by atoms with Crippen molar-refractivity contribution >= 4 is 5.91 Å². The average molecular weight is 285 g/mol. The summed E-state index contributed by atoms with van der Waals surface area (Å²) in [6.07, 6.45) is 0. The number of hydrogen-bond donors (Lipinski definition) is 1. The summed E-state index contributed by atoms with van der Waals surface area (Å²) in [7, 11) is 0. The molecule has 1 atom stereocenters. The summed E-state index contributed by atoms with van der Waals surface area (Å²) in [6.45, 7) is 3.05. The van der Waals surface area contributed by atoms with Crippen LogP contribution >= 0.6 is 0 Å². The fraction of sp³-hybridized carbons (Fsp3) is 0.250. The molecule has 2 rings (SSSR count). The number of nitrogens with zero attached hydrogens (tertiary/aromatic N) is 2. The molecule has 1 aromatic heterocycles. The van der Waals surface area contributed by atoms with E-state index in [0.717, 1.165) is 0 Å². The van der Waals surface area contributed by atoms with E-state index in [1.807, 2.05) is 0 Å². The predicted molar refractivity (Wildman–Crippen MR) is 61.2 cm³/mol. The molecule has 2 aromatic rings. The van der Waals surface area contributed by atoms with Gasteiger partial charge in [-0.05, 0) is 19.1 Å². The molecule has 5 nitrogen and oxygen atoms in total. The van der Waals surface area contributed by atoms with Gasteiger partial charge in [-0.2, -0.15) is 4.98 Å². The Balaban J connectivity index is 2.23. The van der Waals surface area contributed by atoms with Crippen LogP contribution in [0.1, 0.15) is 35.0 Å². The molecule has 1 N–H and O–H groups in total. The molecule has 0 radical (unpaired) electrons. The molecule has 20 heavy (non-hydrogen) atoms. The maximum Gasteiger partial charge on any atom is 0.257 e. The zero-order valence-electron chi connectivity index (χ0n) is 10.6. The molecule has 1 aromatic carbocycles. The number of carbonyl (C=O) groups excluding carboxylic acids is 1. The van der Waals surface area contributed by atoms with Crippen LogP contribution in [0, 0.1) is 24.4 Å². The van der Waals surface area contributed by atoms with Crippen LogP contribution in [0.25, 0.3) is 0 Å². The third-order valence-electron chi connectivity index (χ3n) is 2.55. The van der Waals surface area contributed by atoms with Crippen molar-refractivity contribution in [1.29, 1.82) is 0 Å². The standard InChI is InChI=1S/C12H10F3N3O2/c1-5(11-17-6(2)20-18-11)16-12(19)9-7(13)3-4-8(14)10(9)15/h3-5H,1-2H3,(H,16,19). The maximum atomic E-state index is 13.4. The number of aromatic nitrogens is 2. The van der Waals surface area contributed by atoms with E-state index in [9.17, 15) is 18.0 Å². The lowest BCUT2D eigenvalue weighted by atomic mass is 10.1. The van der Waals surface area contributed by atoms with Crippen LogP contribution in [0.3, 0.4) is 0 Å². The third-order valence-corrected chi connectivity index (χ3v) is 2.55. The van der Waals surface area contributed by atoms with Crippen molar-refractivity contribution in [2.75, 3.05) is 0 Å². The minimum absolute atomic E-state index is 0.146. The van der Waals surface area contributed by atoms with Crippen LogP contribution in [-0.2, 0) is 0 Å². The highest BCUT2D eigenvalue weighted by Crippen LogP contribution is 2.17. The summed E-state index contributed by atoms with van der Waals surface area (Å²) >= 11 is 0. The van der Waals surface area contributed by atoms with E-state index in [1.165, 1.54) is 6.92 Å². The van der Waals surface area contributed by atoms with Gasteiger partial charge >= 0.3 is 0 Å². The van der Waals surface area contributed by atoms with Gasteiger partial charge in [0.1, 0.15) is 11.4 Å². The zero-order valence-corrected chi connectivity index (χ0v) is 10.6. The molecule has 0 saturated carbocycles. The first-order valence-electron chi connectivity index (χ1n) is 5.64. The number of carbonyl (C=O) groups is 1. The molecule has 0 spiro atoms. The Morgan fingerprint density at radius 2 is 1.95 bits per heavy atom. The lowest BCUT2D eigenvalue weighted by Gasteiger charge is -2.11. The molecule has 1 heterocycles. The molecule has 8 heteroatoms. The van der Waals surface area contributed by atoms with Crippen LogP contribution in [-0.4, -0.2) is 16.0 Å². The topological polar surface area (TPSA) is 68.0 Å². The average Bonchev–Trinajstić information content (AvgIpc) is 2.81. The number of hydrogen-bond acceptors (Lipinski definition) is 4. The molecule has 0 aliphatic heterocycles. The van der Waals surface area contributed by atoms with Crippen LogP contribution in [0.15, 0.2) is 16.7 Å². The fourth-order valence-corrected chi connectivity index (χ4v) is 1.56. The normalized spacial score (nSPS) is 12.2. The van der Waals surface area contributed by atoms with Crippen LogP contribution in [0.2, 0.25) is 0 Å². The van der Waals surface area contributed by atoms with E-state index in [4.69, 9.17) is 4.52 Å². The number of amides is 1. The van der Waals surface area contributed by atoms with Crippen molar-refractivity contribution in [3.8, 4) is 0 Å². The molecule has 1 amide bonds. The second kappa shape index (κ2) is 5.32. The summed E-state index contributed by atoms with van der Waals surface area (Å²) in [5.74, 6) is -4.68. The van der Waals surface area contributed by atoms with Gasteiger partial charge in [0.05, 0.1) is 6.04 Å². The Morgan fingerprint density at radius 1 is 1.30 bits per heavy atom. The number of benzene rings is 1. The largest absolute Gasteiger partial charge is 0.342 e. The Hall–Kier alpha value is -2.38. The molecule has 0 aliphatic rings. The molecular weight excluding hydrogens is 275 g/mol. The number of nitrogens with one attached hydrogen (secondary N) is 1. The summed E-state index contributed by atoms with van der Waals surface area (Å²) in [4.78, 5) is 15.7. The van der Waals surface area contributed by atoms with Crippen molar-refractivity contribution in [2.45, 2.75) is 19.9 Å². The Bertz CT molecular complexity index is 657. The van der Waals surface area contributed by atoms with E-state index >= 15 is 0 Å². The Kier molecular flexibility index (Phi) is 3.73. The number of halogens is 3. The summed E-state index contributed by atoms with van der Waals surface area (Å²) < 4.78 is 44.6. The van der Waals surface area contributed by atoms with Crippen molar-refractivity contribution in [2.24, 2.45) is 0 Å². The van der Waals surface area contributed by atoms with E-state index in [-0.39, 0.29) is 11.7 Å². The molecule has 0 fully saturated rings. The van der Waals surface area contributed by atoms with Crippen molar-refractivity contribution in [3.63, 3.8) is 0 Å². The van der Waals surface area contributed by atoms with Crippen molar-refractivity contribution in [1.82, 2.24) is 15.5 Å². The summed E-state index contributed by atoms with van der Waals surface area (Å²) in [5.41, 5.74) is -0.989. The van der Waals surface area contributed by atoms with Crippen molar-refractivity contribution < 1.29 is 22.5 Å². The van der Waals surface area contributed by atoms with Gasteiger partial charge in [-0.25, -0.2) is 13.2 Å². The van der Waals surface area contributed by atoms with Crippen molar-refractivity contribution in [3.05, 3.63) is 46.9 Å². The fourth-order valence-electron chi connectivity index (χ4n) is 1.56. The SMILES string of the molecule is Cc1nc(C(C)NC(=O)c2c(F)ccc(F)c2F)no1. The molecule has 0 bridgehead atoms. The van der Waals surface area contributed by atoms with Gasteiger partial charge in [-0.1, -0.05) is 5.16 Å². The van der Waals surface area contributed by atoms with Gasteiger partial charge in [-0.3, -0.25) is 4.79 Å². The Morgan fingerprint density at radius 3 is 2.55 bits per heavy atom. The minimum atomic E-state index is -1.54. The lowest BCUT2D eigenvalue weighted by molar-refractivity contribution is 0.0928. The van der Waals surface area contributed by atoms with Gasteiger partial charge in [0, 0.05) is 6.92 Å². The first kappa shape index (κ1) is 14.0. The monoisotopic (exact) mass is 285 g/mol. The van der Waals surface area contributed by atoms with E-state index in [1.54, 1.807) is 6.92 Å². The lowest BCUT2D eigenvalue weighted by Crippen LogP contribution is -2.29. The molecule has 1 unspecified atom stereocenters. The van der Waals surface area contributed by atoms with E-state index in [0.29, 0.717) is 12.1 Å². The first-order valence-corrected chi connectivity index (χ1v) is 5.64. The molecule has 0 aliphatic carbocycles. The maximum absolute atomic E-state index is 13.4. The predicted octanol–water partition coefficient (Wildman–Crippen LogP) is 2.29. The molecular formula is C12H10F3N3O2. The number of aryl methyl sites for hydroxylation is 1. The highest BCUT2D eigenvalue weighted by atomic mass is 19.2. The summed E-state index contributed by atoms with van der Waals surface area (Å²) in [6, 6.07) is 0.534. The van der Waals surface area contributed by atoms with Gasteiger partial charge in [0.15, 0.2) is 17.5 Å². The van der Waals surface area contributed by atoms with Crippen LogP contribution in [0.5, 0.6) is 0 Å². The first-order chi connectivity index (χ1) is 9.40. The highest BCUT2D eigenvalue weighted by Gasteiger charge is 2.23. The highest BCUT2D eigenvalue weighted by molar-refractivity contribution is 5.95. The van der Waals surface area contributed by atoms with Gasteiger partial charge < -0.3 is 9.84 Å². The smallest absolute Gasteiger partial charge is 0.257 e. The van der Waals surface area contributed by atoms with E-state index in [2.05, 4.69) is 15.5 Å². The minimum Gasteiger partial charge on any atom is -0.342 e.